The van der Waals surface area contributed by atoms with Gasteiger partial charge < -0.3 is 8.85 Å². The van der Waals surface area contributed by atoms with Gasteiger partial charge in [0.15, 0.2) is 0 Å². The van der Waals surface area contributed by atoms with Crippen LogP contribution in [0.5, 0.6) is 0 Å². The predicted molar refractivity (Wildman–Crippen MR) is 119 cm³/mol. The standard InChI is InChI=1S/C23H48O2Si/c1-8-10-11-12-13-14-15-16-17-18-19-20-24-26(7,9-2)25-23(21(3)4)22(5)6/h9,21-23H,2,8,10-20H2,1,3-7H3. The molecular formula is C23H48O2Si. The lowest BCUT2D eigenvalue weighted by Crippen LogP contribution is -2.44. The molecule has 0 spiro atoms. The van der Waals surface area contributed by atoms with Gasteiger partial charge in [-0.2, -0.15) is 0 Å². The summed E-state index contributed by atoms with van der Waals surface area (Å²) >= 11 is 0. The third-order valence-electron chi connectivity index (χ3n) is 5.19. The van der Waals surface area contributed by atoms with E-state index in [4.69, 9.17) is 8.85 Å². The molecule has 0 aromatic rings. The number of hydrogen-bond acceptors (Lipinski definition) is 2. The first-order valence-corrected chi connectivity index (χ1v) is 13.7. The van der Waals surface area contributed by atoms with Gasteiger partial charge in [0.1, 0.15) is 0 Å². The zero-order valence-electron chi connectivity index (χ0n) is 18.8. The minimum atomic E-state index is -2.25. The third-order valence-corrected chi connectivity index (χ3v) is 7.45. The molecule has 0 aliphatic carbocycles. The highest BCUT2D eigenvalue weighted by Gasteiger charge is 2.33. The molecule has 0 amide bonds. The van der Waals surface area contributed by atoms with Gasteiger partial charge in [-0.15, -0.1) is 6.58 Å². The van der Waals surface area contributed by atoms with Crippen LogP contribution >= 0.6 is 0 Å². The SMILES string of the molecule is C=C[Si](C)(OCCCCCCCCCCCCC)OC(C(C)C)C(C)C. The molecule has 0 aromatic carbocycles. The highest BCUT2D eigenvalue weighted by Crippen LogP contribution is 2.23. The van der Waals surface area contributed by atoms with Gasteiger partial charge in [0.25, 0.3) is 0 Å². The minimum Gasteiger partial charge on any atom is -0.391 e. The predicted octanol–water partition coefficient (Wildman–Crippen LogP) is 7.81. The van der Waals surface area contributed by atoms with Gasteiger partial charge in [0.05, 0.1) is 6.10 Å². The molecule has 156 valence electrons. The normalized spacial score (nSPS) is 14.3. The van der Waals surface area contributed by atoms with Crippen LogP contribution in [-0.4, -0.2) is 21.3 Å². The Hall–Kier alpha value is -0.123. The average Bonchev–Trinajstić information content (AvgIpc) is 2.60. The second kappa shape index (κ2) is 15.9. The number of rotatable bonds is 18. The van der Waals surface area contributed by atoms with Crippen LogP contribution in [0.3, 0.4) is 0 Å². The van der Waals surface area contributed by atoms with Gasteiger partial charge in [-0.3, -0.25) is 0 Å². The van der Waals surface area contributed by atoms with Crippen molar-refractivity contribution in [1.29, 1.82) is 0 Å². The molecule has 3 heteroatoms. The van der Waals surface area contributed by atoms with Crippen LogP contribution in [0, 0.1) is 11.8 Å². The molecule has 0 saturated heterocycles. The van der Waals surface area contributed by atoms with E-state index in [2.05, 4.69) is 47.7 Å². The van der Waals surface area contributed by atoms with Crippen LogP contribution in [0.25, 0.3) is 0 Å². The molecule has 0 aromatic heterocycles. The summed E-state index contributed by atoms with van der Waals surface area (Å²) in [5.74, 6) is 1.01. The van der Waals surface area contributed by atoms with Gasteiger partial charge in [0, 0.05) is 6.61 Å². The van der Waals surface area contributed by atoms with E-state index in [1.54, 1.807) is 0 Å². The second-order valence-corrected chi connectivity index (χ2v) is 11.6. The summed E-state index contributed by atoms with van der Waals surface area (Å²) in [7, 11) is -2.25. The Balaban J connectivity index is 3.78. The molecule has 0 saturated carbocycles. The maximum Gasteiger partial charge on any atom is 0.361 e. The lowest BCUT2D eigenvalue weighted by Gasteiger charge is -2.33. The van der Waals surface area contributed by atoms with E-state index in [-0.39, 0.29) is 6.10 Å². The van der Waals surface area contributed by atoms with Crippen LogP contribution in [0.15, 0.2) is 12.3 Å². The first kappa shape index (κ1) is 25.9. The molecule has 0 N–H and O–H groups in total. The van der Waals surface area contributed by atoms with Crippen LogP contribution in [0.4, 0.5) is 0 Å². The van der Waals surface area contributed by atoms with E-state index in [9.17, 15) is 0 Å². The Bertz CT molecular complexity index is 322. The van der Waals surface area contributed by atoms with E-state index in [0.717, 1.165) is 13.0 Å². The van der Waals surface area contributed by atoms with Crippen LogP contribution in [-0.2, 0) is 8.85 Å². The van der Waals surface area contributed by atoms with Crippen LogP contribution in [0.2, 0.25) is 6.55 Å². The number of hydrogen-bond donors (Lipinski definition) is 0. The summed E-state index contributed by atoms with van der Waals surface area (Å²) in [6.07, 6.45) is 15.2. The van der Waals surface area contributed by atoms with Crippen molar-refractivity contribution in [3.8, 4) is 0 Å². The van der Waals surface area contributed by atoms with Gasteiger partial charge in [-0.25, -0.2) is 0 Å². The second-order valence-electron chi connectivity index (χ2n) is 8.67. The summed E-state index contributed by atoms with van der Waals surface area (Å²) in [4.78, 5) is 0. The first-order valence-electron chi connectivity index (χ1n) is 11.3. The van der Waals surface area contributed by atoms with E-state index in [1.807, 2.05) is 5.70 Å². The molecular weight excluding hydrogens is 336 g/mol. The maximum atomic E-state index is 6.41. The van der Waals surface area contributed by atoms with Gasteiger partial charge in [-0.05, 0) is 30.5 Å². The van der Waals surface area contributed by atoms with E-state index in [1.165, 1.54) is 64.2 Å². The zero-order chi connectivity index (χ0) is 19.8. The lowest BCUT2D eigenvalue weighted by molar-refractivity contribution is 0.0588. The fourth-order valence-corrected chi connectivity index (χ4v) is 5.41. The Morgan fingerprint density at radius 2 is 1.19 bits per heavy atom. The molecule has 2 nitrogen and oxygen atoms in total. The van der Waals surface area contributed by atoms with Crippen LogP contribution in [0.1, 0.15) is 105 Å². The summed E-state index contributed by atoms with van der Waals surface area (Å²) in [5, 5.41) is 0. The molecule has 1 unspecified atom stereocenters. The summed E-state index contributed by atoms with van der Waals surface area (Å²) in [6.45, 7) is 18.1. The van der Waals surface area contributed by atoms with Crippen molar-refractivity contribution >= 4 is 8.56 Å². The Morgan fingerprint density at radius 1 is 0.769 bits per heavy atom. The smallest absolute Gasteiger partial charge is 0.361 e. The van der Waals surface area contributed by atoms with Crippen molar-refractivity contribution in [2.45, 2.75) is 118 Å². The third kappa shape index (κ3) is 13.1. The molecule has 0 aliphatic heterocycles. The monoisotopic (exact) mass is 384 g/mol. The molecule has 0 bridgehead atoms. The largest absolute Gasteiger partial charge is 0.391 e. The minimum absolute atomic E-state index is 0.252. The van der Waals surface area contributed by atoms with E-state index in [0.29, 0.717) is 11.8 Å². The summed E-state index contributed by atoms with van der Waals surface area (Å²) in [6, 6.07) is 0. The molecule has 0 rings (SSSR count). The maximum absolute atomic E-state index is 6.41. The van der Waals surface area contributed by atoms with Crippen molar-refractivity contribution < 1.29 is 8.85 Å². The molecule has 0 aliphatic rings. The van der Waals surface area contributed by atoms with Crippen molar-refractivity contribution in [3.63, 3.8) is 0 Å². The van der Waals surface area contributed by atoms with Gasteiger partial charge in [0.2, 0.25) is 0 Å². The van der Waals surface area contributed by atoms with Gasteiger partial charge >= 0.3 is 8.56 Å². The highest BCUT2D eigenvalue weighted by molar-refractivity contribution is 6.71. The lowest BCUT2D eigenvalue weighted by atomic mass is 9.97. The van der Waals surface area contributed by atoms with E-state index < -0.39 is 8.56 Å². The van der Waals surface area contributed by atoms with Gasteiger partial charge in [-0.1, -0.05) is 98.8 Å². The fraction of sp³-hybridized carbons (Fsp3) is 0.913. The zero-order valence-corrected chi connectivity index (χ0v) is 19.8. The summed E-state index contributed by atoms with van der Waals surface area (Å²) in [5.41, 5.74) is 1.95. The van der Waals surface area contributed by atoms with Crippen molar-refractivity contribution in [2.75, 3.05) is 6.61 Å². The average molecular weight is 385 g/mol. The van der Waals surface area contributed by atoms with Crippen molar-refractivity contribution in [3.05, 3.63) is 12.3 Å². The molecule has 0 fully saturated rings. The Kier molecular flexibility index (Phi) is 15.8. The van der Waals surface area contributed by atoms with Crippen molar-refractivity contribution in [2.24, 2.45) is 11.8 Å². The molecule has 0 heterocycles. The quantitative estimate of drug-likeness (QED) is 0.177. The topological polar surface area (TPSA) is 18.5 Å². The van der Waals surface area contributed by atoms with Crippen LogP contribution < -0.4 is 0 Å². The Labute approximate surface area is 166 Å². The van der Waals surface area contributed by atoms with E-state index >= 15 is 0 Å². The first-order chi connectivity index (χ1) is 12.4. The number of unbranched alkanes of at least 4 members (excludes halogenated alkanes) is 10. The highest BCUT2D eigenvalue weighted by atomic mass is 28.4. The fourth-order valence-electron chi connectivity index (χ4n) is 3.49. The molecule has 0 radical (unpaired) electrons. The molecule has 26 heavy (non-hydrogen) atoms. The Morgan fingerprint density at radius 3 is 1.58 bits per heavy atom. The summed E-state index contributed by atoms with van der Waals surface area (Å²) < 4.78 is 12.6. The molecule has 1 atom stereocenters. The van der Waals surface area contributed by atoms with Crippen molar-refractivity contribution in [1.82, 2.24) is 0 Å².